The minimum atomic E-state index is -0.125. The van der Waals surface area contributed by atoms with Crippen molar-refractivity contribution in [3.8, 4) is 0 Å². The number of nitrogens with zero attached hydrogens (tertiary/aromatic N) is 3. The van der Waals surface area contributed by atoms with Gasteiger partial charge in [0.15, 0.2) is 5.16 Å². The molecule has 0 saturated heterocycles. The number of benzene rings is 1. The van der Waals surface area contributed by atoms with Crippen molar-refractivity contribution in [1.29, 1.82) is 0 Å². The van der Waals surface area contributed by atoms with E-state index in [1.807, 2.05) is 20.1 Å². The minimum Gasteiger partial charge on any atom is -0.352 e. The van der Waals surface area contributed by atoms with Crippen LogP contribution in [0, 0.1) is 11.8 Å². The zero-order valence-electron chi connectivity index (χ0n) is 17.9. The first kappa shape index (κ1) is 22.9. The number of thioether (sulfide) groups is 1. The molecule has 7 nitrogen and oxygen atoms in total. The predicted molar refractivity (Wildman–Crippen MR) is 117 cm³/mol. The van der Waals surface area contributed by atoms with Crippen molar-refractivity contribution in [2.45, 2.75) is 52.2 Å². The number of aromatic nitrogens is 3. The summed E-state index contributed by atoms with van der Waals surface area (Å²) >= 11 is 1.60. The van der Waals surface area contributed by atoms with E-state index >= 15 is 0 Å². The van der Waals surface area contributed by atoms with E-state index < -0.39 is 0 Å². The maximum Gasteiger partial charge on any atom is 0.251 e. The lowest BCUT2D eigenvalue weighted by molar-refractivity contribution is -0.118. The quantitative estimate of drug-likeness (QED) is 0.455. The third kappa shape index (κ3) is 6.88. The van der Waals surface area contributed by atoms with Gasteiger partial charge in [-0.2, -0.15) is 0 Å². The summed E-state index contributed by atoms with van der Waals surface area (Å²) in [5.74, 6) is 1.22. The van der Waals surface area contributed by atoms with Crippen molar-refractivity contribution in [2.24, 2.45) is 11.8 Å². The third-order valence-corrected chi connectivity index (χ3v) is 4.99. The van der Waals surface area contributed by atoms with Gasteiger partial charge in [-0.05, 0) is 42.9 Å². The number of rotatable bonds is 10. The topological polar surface area (TPSA) is 88.9 Å². The molecule has 2 amide bonds. The molecule has 158 valence electrons. The molecule has 2 N–H and O–H groups in total. The van der Waals surface area contributed by atoms with Crippen molar-refractivity contribution < 1.29 is 9.59 Å². The van der Waals surface area contributed by atoms with Crippen LogP contribution in [0.2, 0.25) is 0 Å². The van der Waals surface area contributed by atoms with Crippen molar-refractivity contribution >= 4 is 29.3 Å². The smallest absolute Gasteiger partial charge is 0.251 e. The van der Waals surface area contributed by atoms with Gasteiger partial charge in [0.2, 0.25) is 5.91 Å². The molecular weight excluding hydrogens is 386 g/mol. The largest absolute Gasteiger partial charge is 0.352 e. The number of carbonyl (C=O) groups excluding carboxylic acids is 2. The predicted octanol–water partition coefficient (Wildman–Crippen LogP) is 3.61. The zero-order chi connectivity index (χ0) is 21.4. The van der Waals surface area contributed by atoms with Crippen LogP contribution in [0.3, 0.4) is 0 Å². The number of amides is 2. The molecule has 0 saturated carbocycles. The second-order valence-electron chi connectivity index (χ2n) is 7.69. The SMILES string of the molecule is CSc1nnc(CCCNC(=O)c2ccc(NC(=O)C(C)C)cc2)n1CC(C)C. The number of hydrogen-bond donors (Lipinski definition) is 2. The summed E-state index contributed by atoms with van der Waals surface area (Å²) in [5, 5.41) is 15.2. The monoisotopic (exact) mass is 417 g/mol. The summed E-state index contributed by atoms with van der Waals surface area (Å²) in [7, 11) is 0. The fourth-order valence-electron chi connectivity index (χ4n) is 2.75. The van der Waals surface area contributed by atoms with Crippen LogP contribution in [-0.4, -0.2) is 39.4 Å². The molecule has 0 aliphatic carbocycles. The van der Waals surface area contributed by atoms with Gasteiger partial charge in [0.25, 0.3) is 5.91 Å². The second-order valence-corrected chi connectivity index (χ2v) is 8.46. The van der Waals surface area contributed by atoms with Gasteiger partial charge in [-0.3, -0.25) is 9.59 Å². The highest BCUT2D eigenvalue weighted by molar-refractivity contribution is 7.98. The molecule has 0 atom stereocenters. The number of carbonyl (C=O) groups is 2. The van der Waals surface area contributed by atoms with E-state index in [1.165, 1.54) is 0 Å². The molecule has 1 aromatic carbocycles. The third-order valence-electron chi connectivity index (χ3n) is 4.33. The summed E-state index contributed by atoms with van der Waals surface area (Å²) in [6, 6.07) is 6.92. The van der Waals surface area contributed by atoms with E-state index in [0.29, 0.717) is 23.7 Å². The Bertz CT molecular complexity index is 815. The van der Waals surface area contributed by atoms with E-state index in [9.17, 15) is 9.59 Å². The van der Waals surface area contributed by atoms with Crippen LogP contribution in [0.1, 0.15) is 50.3 Å². The van der Waals surface area contributed by atoms with Gasteiger partial charge >= 0.3 is 0 Å². The van der Waals surface area contributed by atoms with Gasteiger partial charge in [0.1, 0.15) is 5.82 Å². The van der Waals surface area contributed by atoms with Crippen molar-refractivity contribution in [2.75, 3.05) is 18.1 Å². The van der Waals surface area contributed by atoms with E-state index in [2.05, 4.69) is 39.2 Å². The average molecular weight is 418 g/mol. The molecule has 0 unspecified atom stereocenters. The Morgan fingerprint density at radius 2 is 1.79 bits per heavy atom. The summed E-state index contributed by atoms with van der Waals surface area (Å²) < 4.78 is 2.17. The Labute approximate surface area is 177 Å². The molecule has 0 bridgehead atoms. The normalized spacial score (nSPS) is 11.1. The molecule has 29 heavy (non-hydrogen) atoms. The van der Waals surface area contributed by atoms with E-state index in [4.69, 9.17) is 0 Å². The fourth-order valence-corrected chi connectivity index (χ4v) is 3.27. The standard InChI is InChI=1S/C21H31N5O2S/c1-14(2)13-26-18(24-25-21(26)29-5)7-6-12-22-20(28)16-8-10-17(11-9-16)23-19(27)15(3)4/h8-11,14-15H,6-7,12-13H2,1-5H3,(H,22,28)(H,23,27). The molecule has 1 aromatic heterocycles. The minimum absolute atomic E-state index is 0.0443. The van der Waals surface area contributed by atoms with Gasteiger partial charge in [-0.1, -0.05) is 39.5 Å². The lowest BCUT2D eigenvalue weighted by Gasteiger charge is -2.12. The van der Waals surface area contributed by atoms with Gasteiger partial charge in [0.05, 0.1) is 0 Å². The van der Waals surface area contributed by atoms with Crippen LogP contribution in [-0.2, 0) is 17.8 Å². The van der Waals surface area contributed by atoms with Crippen LogP contribution >= 0.6 is 11.8 Å². The first-order valence-corrected chi connectivity index (χ1v) is 11.2. The van der Waals surface area contributed by atoms with Crippen molar-refractivity contribution in [1.82, 2.24) is 20.1 Å². The number of anilines is 1. The zero-order valence-corrected chi connectivity index (χ0v) is 18.7. The maximum absolute atomic E-state index is 12.3. The van der Waals surface area contributed by atoms with Crippen LogP contribution in [0.4, 0.5) is 5.69 Å². The van der Waals surface area contributed by atoms with Gasteiger partial charge < -0.3 is 15.2 Å². The molecule has 1 heterocycles. The van der Waals surface area contributed by atoms with Crippen LogP contribution in [0.15, 0.2) is 29.4 Å². The van der Waals surface area contributed by atoms with Crippen LogP contribution in [0.25, 0.3) is 0 Å². The van der Waals surface area contributed by atoms with Gasteiger partial charge in [-0.25, -0.2) is 0 Å². The van der Waals surface area contributed by atoms with Gasteiger partial charge in [-0.15, -0.1) is 10.2 Å². The molecule has 0 aliphatic heterocycles. The van der Waals surface area contributed by atoms with Crippen molar-refractivity contribution in [3.05, 3.63) is 35.7 Å². The maximum atomic E-state index is 12.3. The summed E-state index contributed by atoms with van der Waals surface area (Å²) in [4.78, 5) is 24.0. The summed E-state index contributed by atoms with van der Waals surface area (Å²) in [5.41, 5.74) is 1.26. The number of nitrogens with one attached hydrogen (secondary N) is 2. The lowest BCUT2D eigenvalue weighted by Crippen LogP contribution is -2.25. The molecule has 8 heteroatoms. The Hall–Kier alpha value is -2.35. The Kier molecular flexibility index (Phi) is 8.70. The first-order valence-electron chi connectivity index (χ1n) is 9.97. The van der Waals surface area contributed by atoms with Crippen LogP contribution in [0.5, 0.6) is 0 Å². The molecule has 0 radical (unpaired) electrons. The van der Waals surface area contributed by atoms with E-state index in [0.717, 1.165) is 30.4 Å². The van der Waals surface area contributed by atoms with E-state index in [-0.39, 0.29) is 17.7 Å². The highest BCUT2D eigenvalue weighted by Crippen LogP contribution is 2.17. The number of aryl methyl sites for hydroxylation is 1. The highest BCUT2D eigenvalue weighted by atomic mass is 32.2. The first-order chi connectivity index (χ1) is 13.8. The van der Waals surface area contributed by atoms with Crippen LogP contribution < -0.4 is 10.6 Å². The Morgan fingerprint density at radius 1 is 1.10 bits per heavy atom. The average Bonchev–Trinajstić information content (AvgIpc) is 3.06. The van der Waals surface area contributed by atoms with Crippen molar-refractivity contribution in [3.63, 3.8) is 0 Å². The molecular formula is C21H31N5O2S. The molecule has 0 aliphatic rings. The second kappa shape index (κ2) is 11.0. The molecule has 0 fully saturated rings. The molecule has 2 aromatic rings. The summed E-state index contributed by atoms with van der Waals surface area (Å²) in [6.45, 7) is 9.48. The number of hydrogen-bond acceptors (Lipinski definition) is 5. The fraction of sp³-hybridized carbons (Fsp3) is 0.524. The Balaban J connectivity index is 1.83. The molecule has 0 spiro atoms. The Morgan fingerprint density at radius 3 is 2.38 bits per heavy atom. The van der Waals surface area contributed by atoms with E-state index in [1.54, 1.807) is 36.0 Å². The summed E-state index contributed by atoms with van der Waals surface area (Å²) in [6.07, 6.45) is 3.56. The highest BCUT2D eigenvalue weighted by Gasteiger charge is 2.13. The molecule has 2 rings (SSSR count). The lowest BCUT2D eigenvalue weighted by atomic mass is 10.1. The van der Waals surface area contributed by atoms with Gasteiger partial charge in [0, 0.05) is 36.7 Å².